The summed E-state index contributed by atoms with van der Waals surface area (Å²) < 4.78 is 0. The molecule has 1 fully saturated rings. The number of nitrogens with two attached hydrogens (primary N) is 1. The summed E-state index contributed by atoms with van der Waals surface area (Å²) in [4.78, 5) is 2.48. The minimum atomic E-state index is -0.0156. The Labute approximate surface area is 121 Å². The van der Waals surface area contributed by atoms with Crippen LogP contribution in [0.4, 0.5) is 5.69 Å². The average molecular weight is 281 g/mol. The van der Waals surface area contributed by atoms with E-state index in [1.54, 1.807) is 0 Å². The van der Waals surface area contributed by atoms with Crippen molar-refractivity contribution in [2.45, 2.75) is 46.2 Å². The normalized spacial score (nSPS) is 29.4. The summed E-state index contributed by atoms with van der Waals surface area (Å²) in [6.45, 7) is 10.1. The van der Waals surface area contributed by atoms with Crippen LogP contribution in [0.1, 0.15) is 45.7 Å². The Balaban J connectivity index is 2.28. The average Bonchev–Trinajstić information content (AvgIpc) is 2.33. The molecule has 4 unspecified atom stereocenters. The Morgan fingerprint density at radius 3 is 2.58 bits per heavy atom. The predicted octanol–water partition coefficient (Wildman–Crippen LogP) is 4.23. The molecule has 2 nitrogen and oxygen atoms in total. The quantitative estimate of drug-likeness (QED) is 0.878. The smallest absolute Gasteiger partial charge is 0.0474 e. The van der Waals surface area contributed by atoms with Crippen LogP contribution in [0, 0.1) is 11.8 Å². The van der Waals surface area contributed by atoms with Crippen LogP contribution in [0.25, 0.3) is 0 Å². The fourth-order valence-electron chi connectivity index (χ4n) is 3.12. The molecule has 1 heterocycles. The molecule has 0 aliphatic carbocycles. The van der Waals surface area contributed by atoms with Crippen molar-refractivity contribution in [1.29, 1.82) is 0 Å². The number of piperidine rings is 1. The van der Waals surface area contributed by atoms with Crippen LogP contribution in [-0.2, 0) is 0 Å². The van der Waals surface area contributed by atoms with E-state index >= 15 is 0 Å². The van der Waals surface area contributed by atoms with Gasteiger partial charge in [0, 0.05) is 29.3 Å². The number of nitrogens with zero attached hydrogens (tertiary/aromatic N) is 1. The lowest BCUT2D eigenvalue weighted by Gasteiger charge is -2.42. The SMILES string of the molecule is CC1CC(C)C(C)N(c2ccc(C(C)N)c(Cl)c2)C1. The molecular formula is C16H25ClN2. The molecule has 1 aliphatic heterocycles. The summed E-state index contributed by atoms with van der Waals surface area (Å²) in [6, 6.07) is 6.85. The van der Waals surface area contributed by atoms with Crippen LogP contribution in [0.3, 0.4) is 0 Å². The van der Waals surface area contributed by atoms with Gasteiger partial charge < -0.3 is 10.6 Å². The maximum Gasteiger partial charge on any atom is 0.0474 e. The first-order valence-electron chi connectivity index (χ1n) is 7.21. The number of halogens is 1. The second-order valence-electron chi connectivity index (χ2n) is 6.21. The van der Waals surface area contributed by atoms with Crippen LogP contribution in [-0.4, -0.2) is 12.6 Å². The largest absolute Gasteiger partial charge is 0.368 e. The zero-order valence-corrected chi connectivity index (χ0v) is 13.1. The third-order valence-corrected chi connectivity index (χ3v) is 4.73. The zero-order chi connectivity index (χ0) is 14.2. The van der Waals surface area contributed by atoms with Crippen LogP contribution in [0.5, 0.6) is 0 Å². The van der Waals surface area contributed by atoms with E-state index in [1.165, 1.54) is 12.1 Å². The van der Waals surface area contributed by atoms with Gasteiger partial charge in [-0.05, 0) is 49.8 Å². The molecule has 106 valence electrons. The molecule has 2 N–H and O–H groups in total. The Morgan fingerprint density at radius 2 is 2.00 bits per heavy atom. The Bertz CT molecular complexity index is 444. The predicted molar refractivity (Wildman–Crippen MR) is 83.8 cm³/mol. The van der Waals surface area contributed by atoms with Crippen molar-refractivity contribution in [2.24, 2.45) is 17.6 Å². The van der Waals surface area contributed by atoms with Crippen molar-refractivity contribution in [3.8, 4) is 0 Å². The fraction of sp³-hybridized carbons (Fsp3) is 0.625. The van der Waals surface area contributed by atoms with E-state index in [4.69, 9.17) is 17.3 Å². The summed E-state index contributed by atoms with van der Waals surface area (Å²) in [5.74, 6) is 1.45. The molecular weight excluding hydrogens is 256 g/mol. The standard InChI is InChI=1S/C16H25ClN2/c1-10-7-11(2)13(4)19(9-10)14-5-6-15(12(3)18)16(17)8-14/h5-6,8,10-13H,7,9,18H2,1-4H3. The van der Waals surface area contributed by atoms with E-state index < -0.39 is 0 Å². The molecule has 0 bridgehead atoms. The summed E-state index contributed by atoms with van der Waals surface area (Å²) >= 11 is 6.36. The molecule has 19 heavy (non-hydrogen) atoms. The summed E-state index contributed by atoms with van der Waals surface area (Å²) in [7, 11) is 0. The van der Waals surface area contributed by atoms with E-state index in [1.807, 2.05) is 6.92 Å². The molecule has 1 saturated heterocycles. The highest BCUT2D eigenvalue weighted by Gasteiger charge is 2.29. The topological polar surface area (TPSA) is 29.3 Å². The van der Waals surface area contributed by atoms with Crippen molar-refractivity contribution < 1.29 is 0 Å². The third-order valence-electron chi connectivity index (χ3n) is 4.40. The molecule has 0 spiro atoms. The zero-order valence-electron chi connectivity index (χ0n) is 12.4. The van der Waals surface area contributed by atoms with Gasteiger partial charge in [-0.1, -0.05) is 31.5 Å². The fourth-order valence-corrected chi connectivity index (χ4v) is 3.47. The number of rotatable bonds is 2. The van der Waals surface area contributed by atoms with Crippen molar-refractivity contribution in [2.75, 3.05) is 11.4 Å². The first kappa shape index (κ1) is 14.7. The van der Waals surface area contributed by atoms with Gasteiger partial charge in [0.15, 0.2) is 0 Å². The summed E-state index contributed by atoms with van der Waals surface area (Å²) in [5.41, 5.74) is 8.16. The van der Waals surface area contributed by atoms with Gasteiger partial charge in [-0.25, -0.2) is 0 Å². The monoisotopic (exact) mass is 280 g/mol. The Morgan fingerprint density at radius 1 is 1.32 bits per heavy atom. The molecule has 1 aromatic rings. The minimum Gasteiger partial charge on any atom is -0.368 e. The molecule has 0 amide bonds. The van der Waals surface area contributed by atoms with Gasteiger partial charge in [0.2, 0.25) is 0 Å². The van der Waals surface area contributed by atoms with Gasteiger partial charge in [-0.3, -0.25) is 0 Å². The lowest BCUT2D eigenvalue weighted by molar-refractivity contribution is 0.297. The molecule has 1 aromatic carbocycles. The van der Waals surface area contributed by atoms with Crippen LogP contribution < -0.4 is 10.6 Å². The maximum atomic E-state index is 6.36. The van der Waals surface area contributed by atoms with E-state index in [0.717, 1.165) is 29.0 Å². The van der Waals surface area contributed by atoms with Gasteiger partial charge in [0.1, 0.15) is 0 Å². The molecule has 1 aliphatic rings. The van der Waals surface area contributed by atoms with Crippen LogP contribution in [0.2, 0.25) is 5.02 Å². The van der Waals surface area contributed by atoms with Crippen molar-refractivity contribution >= 4 is 17.3 Å². The number of hydrogen-bond acceptors (Lipinski definition) is 2. The van der Waals surface area contributed by atoms with Gasteiger partial charge in [-0.15, -0.1) is 0 Å². The summed E-state index contributed by atoms with van der Waals surface area (Å²) in [6.07, 6.45) is 1.31. The highest BCUT2D eigenvalue weighted by molar-refractivity contribution is 6.31. The molecule has 0 saturated carbocycles. The lowest BCUT2D eigenvalue weighted by atomic mass is 9.85. The molecule has 3 heteroatoms. The van der Waals surface area contributed by atoms with Crippen molar-refractivity contribution in [3.05, 3.63) is 28.8 Å². The third kappa shape index (κ3) is 3.06. The second kappa shape index (κ2) is 5.72. The number of benzene rings is 1. The van der Waals surface area contributed by atoms with Gasteiger partial charge in [0.05, 0.1) is 0 Å². The molecule has 0 aromatic heterocycles. The molecule has 4 atom stereocenters. The van der Waals surface area contributed by atoms with Crippen LogP contribution in [0.15, 0.2) is 18.2 Å². The van der Waals surface area contributed by atoms with E-state index in [0.29, 0.717) is 6.04 Å². The number of anilines is 1. The number of hydrogen-bond donors (Lipinski definition) is 1. The minimum absolute atomic E-state index is 0.0156. The first-order valence-corrected chi connectivity index (χ1v) is 7.59. The molecule has 2 rings (SSSR count). The molecule has 0 radical (unpaired) electrons. The van der Waals surface area contributed by atoms with Crippen molar-refractivity contribution in [3.63, 3.8) is 0 Å². The highest BCUT2D eigenvalue weighted by Crippen LogP contribution is 2.34. The summed E-state index contributed by atoms with van der Waals surface area (Å²) in [5, 5.41) is 0.783. The van der Waals surface area contributed by atoms with E-state index in [9.17, 15) is 0 Å². The van der Waals surface area contributed by atoms with E-state index in [-0.39, 0.29) is 6.04 Å². The lowest BCUT2D eigenvalue weighted by Crippen LogP contribution is -2.45. The van der Waals surface area contributed by atoms with Gasteiger partial charge in [0.25, 0.3) is 0 Å². The Hall–Kier alpha value is -0.730. The Kier molecular flexibility index (Phi) is 4.42. The first-order chi connectivity index (χ1) is 8.90. The van der Waals surface area contributed by atoms with Gasteiger partial charge >= 0.3 is 0 Å². The van der Waals surface area contributed by atoms with Crippen LogP contribution >= 0.6 is 11.6 Å². The highest BCUT2D eigenvalue weighted by atomic mass is 35.5. The maximum absolute atomic E-state index is 6.36. The van der Waals surface area contributed by atoms with Crippen molar-refractivity contribution in [1.82, 2.24) is 0 Å². The second-order valence-corrected chi connectivity index (χ2v) is 6.61. The van der Waals surface area contributed by atoms with E-state index in [2.05, 4.69) is 43.9 Å². The van der Waals surface area contributed by atoms with Gasteiger partial charge in [-0.2, -0.15) is 0 Å².